The molecule has 0 aliphatic heterocycles. The van der Waals surface area contributed by atoms with Gasteiger partial charge in [-0.25, -0.2) is 12.0 Å². The van der Waals surface area contributed by atoms with Gasteiger partial charge in [0.2, 0.25) is 0 Å². The molecule has 3 fully saturated rings. The standard InChI is InChI=1S/C24H35O3.Y/c1-14-10-19-18-7-6-16-11-17(26)8-9-23(16,4)24(18,5)15(2)12-22(19,3)21(14)20(27)13-25;/h6,11,14-15,18-19,21,25H,7-10,12-13H2,1-5H3;/q-1;/t14-,15+,18?,19?,21?,22+,23+,24+;/m1./s1. The number of allylic oxidation sites excluding steroid dienone is 1. The van der Waals surface area contributed by atoms with Crippen LogP contribution in [-0.2, 0) is 42.3 Å². The Kier molecular flexibility index (Phi) is 5.92. The van der Waals surface area contributed by atoms with Gasteiger partial charge in [-0.05, 0) is 65.6 Å². The number of aliphatic hydroxyl groups excluding tert-OH is 1. The Bertz CT molecular complexity index is 715. The first kappa shape index (κ1) is 22.7. The van der Waals surface area contributed by atoms with Crippen LogP contribution in [0.3, 0.4) is 0 Å². The zero-order valence-electron chi connectivity index (χ0n) is 18.1. The Morgan fingerprint density at radius 3 is 2.57 bits per heavy atom. The molecule has 0 amide bonds. The van der Waals surface area contributed by atoms with Crippen molar-refractivity contribution in [2.45, 2.75) is 66.7 Å². The third-order valence-corrected chi connectivity index (χ3v) is 9.89. The van der Waals surface area contributed by atoms with Gasteiger partial charge in [0.25, 0.3) is 0 Å². The SMILES string of the molecule is C[C@@H]1CC2C3C[CH-]C4=CC(=O)CC[C@]4(C)[C@@]3(C)[C@@H](C)C[C@]2(C)C1C(=O)CO.[Y]. The monoisotopic (exact) mass is 460 g/mol. The van der Waals surface area contributed by atoms with Crippen molar-refractivity contribution < 1.29 is 47.4 Å². The number of hydrogen-bond acceptors (Lipinski definition) is 3. The van der Waals surface area contributed by atoms with Crippen molar-refractivity contribution in [1.82, 2.24) is 0 Å². The van der Waals surface area contributed by atoms with Crippen LogP contribution in [-0.4, -0.2) is 23.3 Å². The minimum absolute atomic E-state index is 0. The van der Waals surface area contributed by atoms with Crippen molar-refractivity contribution in [3.63, 3.8) is 0 Å². The third-order valence-electron chi connectivity index (χ3n) is 9.89. The number of carbonyl (C=O) groups excluding carboxylic acids is 2. The third kappa shape index (κ3) is 2.74. The predicted octanol–water partition coefficient (Wildman–Crippen LogP) is 4.39. The van der Waals surface area contributed by atoms with E-state index in [4.69, 9.17) is 0 Å². The Labute approximate surface area is 195 Å². The average molecular weight is 460 g/mol. The Morgan fingerprint density at radius 2 is 1.93 bits per heavy atom. The van der Waals surface area contributed by atoms with Crippen LogP contribution in [0.4, 0.5) is 0 Å². The number of ketones is 2. The van der Waals surface area contributed by atoms with Gasteiger partial charge in [0, 0.05) is 38.6 Å². The molecule has 3 unspecified atom stereocenters. The molecule has 1 N–H and O–H groups in total. The minimum atomic E-state index is -0.327. The van der Waals surface area contributed by atoms with Crippen molar-refractivity contribution >= 4 is 11.6 Å². The van der Waals surface area contributed by atoms with E-state index in [1.807, 2.05) is 6.08 Å². The van der Waals surface area contributed by atoms with Gasteiger partial charge in [0.1, 0.15) is 6.61 Å². The molecule has 4 rings (SSSR count). The van der Waals surface area contributed by atoms with Gasteiger partial charge in [-0.3, -0.25) is 4.79 Å². The molecule has 0 aromatic carbocycles. The number of Topliss-reactive ketones (excluding diaryl/α,β-unsaturated/α-hetero) is 1. The Balaban J connectivity index is 0.00000225. The van der Waals surface area contributed by atoms with Gasteiger partial charge in [-0.1, -0.05) is 41.0 Å². The van der Waals surface area contributed by atoms with Crippen LogP contribution in [0, 0.1) is 52.3 Å². The quantitative estimate of drug-likeness (QED) is 0.622. The van der Waals surface area contributed by atoms with E-state index in [2.05, 4.69) is 41.0 Å². The first-order valence-electron chi connectivity index (χ1n) is 10.8. The van der Waals surface area contributed by atoms with E-state index in [1.54, 1.807) is 0 Å². The van der Waals surface area contributed by atoms with Gasteiger partial charge in [-0.15, -0.1) is 0 Å². The number of carbonyl (C=O) groups is 2. The summed E-state index contributed by atoms with van der Waals surface area (Å²) in [7, 11) is 0. The predicted molar refractivity (Wildman–Crippen MR) is 106 cm³/mol. The number of rotatable bonds is 2. The molecule has 0 bridgehead atoms. The van der Waals surface area contributed by atoms with Crippen molar-refractivity contribution in [2.24, 2.45) is 45.8 Å². The zero-order chi connectivity index (χ0) is 19.8. The van der Waals surface area contributed by atoms with Gasteiger partial charge in [-0.2, -0.15) is 6.08 Å². The maximum absolute atomic E-state index is 12.7. The molecule has 0 heterocycles. The molecule has 3 saturated carbocycles. The largest absolute Gasteiger partial charge is 0.389 e. The summed E-state index contributed by atoms with van der Waals surface area (Å²) in [5.41, 5.74) is 1.45. The second-order valence-corrected chi connectivity index (χ2v) is 10.8. The van der Waals surface area contributed by atoms with E-state index >= 15 is 0 Å². The molecule has 0 saturated heterocycles. The summed E-state index contributed by atoms with van der Waals surface area (Å²) in [6.07, 6.45) is 9.01. The van der Waals surface area contributed by atoms with Crippen LogP contribution in [0.25, 0.3) is 0 Å². The molecule has 4 aliphatic carbocycles. The van der Waals surface area contributed by atoms with E-state index in [0.29, 0.717) is 30.1 Å². The maximum atomic E-state index is 12.7. The molecule has 0 aromatic heterocycles. The fourth-order valence-corrected chi connectivity index (χ4v) is 8.43. The van der Waals surface area contributed by atoms with Crippen molar-refractivity contribution in [3.8, 4) is 0 Å². The molecule has 28 heavy (non-hydrogen) atoms. The summed E-state index contributed by atoms with van der Waals surface area (Å²) >= 11 is 0. The topological polar surface area (TPSA) is 54.4 Å². The Hall–Kier alpha value is 0.0139. The summed E-state index contributed by atoms with van der Waals surface area (Å²) < 4.78 is 0. The first-order valence-corrected chi connectivity index (χ1v) is 10.8. The molecule has 4 aliphatic rings. The van der Waals surface area contributed by atoms with Crippen molar-refractivity contribution in [3.05, 3.63) is 18.1 Å². The zero-order valence-corrected chi connectivity index (χ0v) is 21.0. The summed E-state index contributed by atoms with van der Waals surface area (Å²) in [6, 6.07) is 0. The minimum Gasteiger partial charge on any atom is -0.389 e. The molecular formula is C24H35O3Y-. The Morgan fingerprint density at radius 1 is 1.25 bits per heavy atom. The molecule has 3 nitrogen and oxygen atoms in total. The van der Waals surface area contributed by atoms with Crippen LogP contribution in [0.5, 0.6) is 0 Å². The van der Waals surface area contributed by atoms with Gasteiger partial charge >= 0.3 is 0 Å². The summed E-state index contributed by atoms with van der Waals surface area (Å²) in [5.74, 6) is 2.18. The summed E-state index contributed by atoms with van der Waals surface area (Å²) in [5, 5.41) is 9.59. The average Bonchev–Trinajstić information content (AvgIpc) is 2.86. The van der Waals surface area contributed by atoms with Crippen LogP contribution in [0.1, 0.15) is 66.7 Å². The summed E-state index contributed by atoms with van der Waals surface area (Å²) in [6.45, 7) is 11.5. The van der Waals surface area contributed by atoms with Crippen LogP contribution < -0.4 is 0 Å². The molecule has 1 radical (unpaired) electrons. The van der Waals surface area contributed by atoms with Crippen LogP contribution in [0.15, 0.2) is 11.6 Å². The number of fused-ring (bicyclic) bond motifs is 5. The molecule has 8 atom stereocenters. The van der Waals surface area contributed by atoms with E-state index in [1.165, 1.54) is 5.57 Å². The van der Waals surface area contributed by atoms with E-state index in [0.717, 1.165) is 25.7 Å². The van der Waals surface area contributed by atoms with Gasteiger partial charge in [0.05, 0.1) is 5.78 Å². The second kappa shape index (κ2) is 7.31. The van der Waals surface area contributed by atoms with Crippen LogP contribution in [0.2, 0.25) is 0 Å². The molecule has 0 aromatic rings. The van der Waals surface area contributed by atoms with Crippen molar-refractivity contribution in [1.29, 1.82) is 0 Å². The van der Waals surface area contributed by atoms with Gasteiger partial charge in [0.15, 0.2) is 5.78 Å². The van der Waals surface area contributed by atoms with Gasteiger partial charge < -0.3 is 9.90 Å². The molecule has 0 spiro atoms. The summed E-state index contributed by atoms with van der Waals surface area (Å²) in [4.78, 5) is 24.7. The van der Waals surface area contributed by atoms with Crippen LogP contribution >= 0.6 is 0 Å². The fraction of sp³-hybridized carbons (Fsp3) is 0.792. The van der Waals surface area contributed by atoms with E-state index in [9.17, 15) is 14.7 Å². The van der Waals surface area contributed by atoms with E-state index in [-0.39, 0.29) is 73.0 Å². The second-order valence-electron chi connectivity index (χ2n) is 10.8. The fourth-order valence-electron chi connectivity index (χ4n) is 8.43. The maximum Gasteiger partial charge on any atom is 0.162 e. The number of aliphatic hydroxyl groups is 1. The normalized spacial score (nSPS) is 49.7. The van der Waals surface area contributed by atoms with E-state index < -0.39 is 0 Å². The molecule has 153 valence electrons. The smallest absolute Gasteiger partial charge is 0.162 e. The van der Waals surface area contributed by atoms with Crippen molar-refractivity contribution in [2.75, 3.05) is 6.61 Å². The first-order chi connectivity index (χ1) is 12.6. The molecule has 4 heteroatoms. The molecular weight excluding hydrogens is 425 g/mol. The number of hydrogen-bond donors (Lipinski definition) is 1.